The second-order valence-electron chi connectivity index (χ2n) is 5.75. The van der Waals surface area contributed by atoms with E-state index in [-0.39, 0.29) is 11.8 Å². The van der Waals surface area contributed by atoms with Crippen LogP contribution in [0, 0.1) is 0 Å². The van der Waals surface area contributed by atoms with Gasteiger partial charge in [-0.2, -0.15) is 0 Å². The van der Waals surface area contributed by atoms with Crippen molar-refractivity contribution in [3.8, 4) is 0 Å². The van der Waals surface area contributed by atoms with Gasteiger partial charge in [0.1, 0.15) is 6.04 Å². The van der Waals surface area contributed by atoms with E-state index in [4.69, 9.17) is 11.6 Å². The minimum absolute atomic E-state index is 0.0172. The third-order valence-corrected chi connectivity index (χ3v) is 4.49. The first-order chi connectivity index (χ1) is 11.6. The van der Waals surface area contributed by atoms with Crippen LogP contribution in [0.15, 0.2) is 48.8 Å². The monoisotopic (exact) mass is 343 g/mol. The van der Waals surface area contributed by atoms with Crippen molar-refractivity contribution >= 4 is 23.4 Å². The Kier molecular flexibility index (Phi) is 5.11. The van der Waals surface area contributed by atoms with Gasteiger partial charge in [-0.3, -0.25) is 14.6 Å². The lowest BCUT2D eigenvalue weighted by molar-refractivity contribution is -0.135. The van der Waals surface area contributed by atoms with Crippen molar-refractivity contribution in [2.45, 2.75) is 32.0 Å². The second-order valence-corrected chi connectivity index (χ2v) is 6.15. The molecule has 6 heteroatoms. The predicted octanol–water partition coefficient (Wildman–Crippen LogP) is 2.54. The van der Waals surface area contributed by atoms with Gasteiger partial charge in [-0.15, -0.1) is 0 Å². The molecule has 3 rings (SSSR count). The molecule has 0 aliphatic carbocycles. The molecular weight excluding hydrogens is 326 g/mol. The van der Waals surface area contributed by atoms with Crippen molar-refractivity contribution in [1.82, 2.24) is 15.2 Å². The number of likely N-dealkylation sites (tertiary alicyclic amines) is 1. The topological polar surface area (TPSA) is 62.3 Å². The zero-order valence-electron chi connectivity index (χ0n) is 13.1. The molecule has 1 fully saturated rings. The number of amides is 2. The number of halogens is 1. The van der Waals surface area contributed by atoms with Crippen molar-refractivity contribution in [2.24, 2.45) is 0 Å². The summed E-state index contributed by atoms with van der Waals surface area (Å²) in [7, 11) is 0. The van der Waals surface area contributed by atoms with Crippen LogP contribution in [-0.4, -0.2) is 27.7 Å². The second kappa shape index (κ2) is 7.45. The first-order valence-corrected chi connectivity index (χ1v) is 8.22. The fourth-order valence-corrected chi connectivity index (χ4v) is 3.02. The molecule has 124 valence electrons. The van der Waals surface area contributed by atoms with E-state index >= 15 is 0 Å². The van der Waals surface area contributed by atoms with Crippen molar-refractivity contribution in [3.05, 3.63) is 64.9 Å². The van der Waals surface area contributed by atoms with Crippen LogP contribution in [-0.2, 0) is 22.7 Å². The van der Waals surface area contributed by atoms with Crippen molar-refractivity contribution in [3.63, 3.8) is 0 Å². The summed E-state index contributed by atoms with van der Waals surface area (Å²) in [6, 6.07) is 10.6. The number of rotatable bonds is 5. The Bertz CT molecular complexity index is 736. The van der Waals surface area contributed by atoms with Crippen molar-refractivity contribution in [1.29, 1.82) is 0 Å². The summed E-state index contributed by atoms with van der Waals surface area (Å²) in [5.74, 6) is -0.159. The molecule has 0 spiro atoms. The predicted molar refractivity (Wildman–Crippen MR) is 91.1 cm³/mol. The molecule has 2 aromatic rings. The highest BCUT2D eigenvalue weighted by Gasteiger charge is 2.36. The normalized spacial score (nSPS) is 17.1. The quantitative estimate of drug-likeness (QED) is 0.907. The molecule has 2 amide bonds. The number of hydrogen-bond donors (Lipinski definition) is 1. The molecule has 5 nitrogen and oxygen atoms in total. The maximum Gasteiger partial charge on any atom is 0.243 e. The highest BCUT2D eigenvalue weighted by molar-refractivity contribution is 6.31. The van der Waals surface area contributed by atoms with Gasteiger partial charge in [-0.25, -0.2) is 0 Å². The van der Waals surface area contributed by atoms with E-state index in [2.05, 4.69) is 10.3 Å². The summed E-state index contributed by atoms with van der Waals surface area (Å²) >= 11 is 6.17. The minimum atomic E-state index is -0.453. The lowest BCUT2D eigenvalue weighted by Crippen LogP contribution is -2.44. The zero-order chi connectivity index (χ0) is 16.9. The minimum Gasteiger partial charge on any atom is -0.350 e. The van der Waals surface area contributed by atoms with Gasteiger partial charge in [-0.1, -0.05) is 35.9 Å². The first kappa shape index (κ1) is 16.5. The van der Waals surface area contributed by atoms with Crippen LogP contribution in [0.3, 0.4) is 0 Å². The van der Waals surface area contributed by atoms with E-state index < -0.39 is 6.04 Å². The molecule has 1 aromatic carbocycles. The van der Waals surface area contributed by atoms with Crippen LogP contribution >= 0.6 is 11.6 Å². The Labute approximate surface area is 145 Å². The number of hydrogen-bond acceptors (Lipinski definition) is 3. The zero-order valence-corrected chi connectivity index (χ0v) is 13.9. The number of nitrogens with zero attached hydrogens (tertiary/aromatic N) is 2. The average Bonchev–Trinajstić information content (AvgIpc) is 2.96. The molecule has 0 saturated carbocycles. The molecule has 1 aromatic heterocycles. The molecule has 1 aliphatic rings. The summed E-state index contributed by atoms with van der Waals surface area (Å²) < 4.78 is 0. The molecule has 1 atom stereocenters. The fourth-order valence-electron chi connectivity index (χ4n) is 2.82. The molecule has 2 heterocycles. The Hall–Kier alpha value is -2.40. The van der Waals surface area contributed by atoms with Gasteiger partial charge in [0.05, 0.1) is 0 Å². The molecule has 0 radical (unpaired) electrons. The molecule has 1 aliphatic heterocycles. The van der Waals surface area contributed by atoms with Crippen LogP contribution in [0.4, 0.5) is 0 Å². The van der Waals surface area contributed by atoms with Crippen molar-refractivity contribution in [2.75, 3.05) is 0 Å². The Morgan fingerprint density at radius 3 is 2.88 bits per heavy atom. The van der Waals surface area contributed by atoms with E-state index in [1.54, 1.807) is 23.4 Å². The van der Waals surface area contributed by atoms with Crippen LogP contribution < -0.4 is 5.32 Å². The molecule has 1 saturated heterocycles. The number of nitrogens with one attached hydrogen (secondary N) is 1. The molecule has 0 bridgehead atoms. The summed E-state index contributed by atoms with van der Waals surface area (Å²) in [5.41, 5.74) is 1.77. The SMILES string of the molecule is O=C(NCc1cccnc1)[C@H]1CCC(=O)N1Cc1ccccc1Cl. The number of benzene rings is 1. The van der Waals surface area contributed by atoms with Gasteiger partial charge in [0.2, 0.25) is 11.8 Å². The molecule has 0 unspecified atom stereocenters. The summed E-state index contributed by atoms with van der Waals surface area (Å²) in [5, 5.41) is 3.49. The number of carbonyl (C=O) groups excluding carboxylic acids is 2. The molecule has 24 heavy (non-hydrogen) atoms. The van der Waals surface area contributed by atoms with E-state index in [1.165, 1.54) is 0 Å². The van der Waals surface area contributed by atoms with Crippen molar-refractivity contribution < 1.29 is 9.59 Å². The van der Waals surface area contributed by atoms with Gasteiger partial charge in [-0.05, 0) is 29.7 Å². The Morgan fingerprint density at radius 2 is 2.12 bits per heavy atom. The Balaban J connectivity index is 1.66. The number of carbonyl (C=O) groups is 2. The standard InChI is InChI=1S/C18H18ClN3O2/c19-15-6-2-1-5-14(15)12-22-16(7-8-17(22)23)18(24)21-11-13-4-3-9-20-10-13/h1-6,9-10,16H,7-8,11-12H2,(H,21,24)/t16-/m1/s1. The number of aromatic nitrogens is 1. The lowest BCUT2D eigenvalue weighted by Gasteiger charge is -2.24. The highest BCUT2D eigenvalue weighted by atomic mass is 35.5. The van der Waals surface area contributed by atoms with Crippen LogP contribution in [0.2, 0.25) is 5.02 Å². The third-order valence-electron chi connectivity index (χ3n) is 4.12. The number of pyridine rings is 1. The van der Waals surface area contributed by atoms with Gasteiger partial charge in [0.15, 0.2) is 0 Å². The average molecular weight is 344 g/mol. The largest absolute Gasteiger partial charge is 0.350 e. The Morgan fingerprint density at radius 1 is 1.29 bits per heavy atom. The van der Waals surface area contributed by atoms with E-state index in [0.29, 0.717) is 31.0 Å². The smallest absolute Gasteiger partial charge is 0.243 e. The van der Waals surface area contributed by atoms with Gasteiger partial charge < -0.3 is 10.2 Å². The summed E-state index contributed by atoms with van der Waals surface area (Å²) in [4.78, 5) is 30.3. The van der Waals surface area contributed by atoms with Crippen LogP contribution in [0.5, 0.6) is 0 Å². The molecular formula is C18H18ClN3O2. The van der Waals surface area contributed by atoms with Crippen LogP contribution in [0.25, 0.3) is 0 Å². The maximum atomic E-state index is 12.5. The van der Waals surface area contributed by atoms with E-state index in [9.17, 15) is 9.59 Å². The molecule has 1 N–H and O–H groups in total. The lowest BCUT2D eigenvalue weighted by atomic mass is 10.1. The van der Waals surface area contributed by atoms with Gasteiger partial charge in [0.25, 0.3) is 0 Å². The van der Waals surface area contributed by atoms with Gasteiger partial charge in [0, 0.05) is 36.9 Å². The highest BCUT2D eigenvalue weighted by Crippen LogP contribution is 2.24. The first-order valence-electron chi connectivity index (χ1n) is 7.84. The van der Waals surface area contributed by atoms with Crippen LogP contribution in [0.1, 0.15) is 24.0 Å². The maximum absolute atomic E-state index is 12.5. The van der Waals surface area contributed by atoms with Gasteiger partial charge >= 0.3 is 0 Å². The summed E-state index contributed by atoms with van der Waals surface area (Å²) in [6.07, 6.45) is 4.31. The fraction of sp³-hybridized carbons (Fsp3) is 0.278. The summed E-state index contributed by atoms with van der Waals surface area (Å²) in [6.45, 7) is 0.751. The van der Waals surface area contributed by atoms with E-state index in [1.807, 2.05) is 30.3 Å². The van der Waals surface area contributed by atoms with E-state index in [0.717, 1.165) is 11.1 Å². The third kappa shape index (κ3) is 3.74.